The molecule has 4 nitrogen and oxygen atoms in total. The first-order valence-corrected chi connectivity index (χ1v) is 4.93. The second kappa shape index (κ2) is 5.21. The Morgan fingerprint density at radius 1 is 1.44 bits per heavy atom. The number of phenolic OH excluding ortho intramolecular Hbond substituents is 2. The summed E-state index contributed by atoms with van der Waals surface area (Å²) in [5, 5.41) is 18.4. The Kier molecular flexibility index (Phi) is 3.94. The molecule has 1 rings (SSSR count). The number of rotatable bonds is 4. The quantitative estimate of drug-likeness (QED) is 0.595. The fraction of sp³-hybridized carbons (Fsp3) is 0.250. The van der Waals surface area contributed by atoms with Crippen molar-refractivity contribution in [3.8, 4) is 11.5 Å². The van der Waals surface area contributed by atoms with Crippen LogP contribution in [0.25, 0.3) is 0 Å². The number of nitrogens with zero attached hydrogens (tertiary/aromatic N) is 1. The number of phenols is 2. The molecule has 0 saturated carbocycles. The molecular weight excluding hydrogens is 206 g/mol. The molecule has 0 atom stereocenters. The van der Waals surface area contributed by atoms with Crippen molar-refractivity contribution >= 4 is 5.91 Å². The van der Waals surface area contributed by atoms with Gasteiger partial charge in [-0.05, 0) is 30.2 Å². The summed E-state index contributed by atoms with van der Waals surface area (Å²) in [6, 6.07) is 4.63. The molecule has 2 N–H and O–H groups in total. The number of carbonyl (C=O) groups is 1. The van der Waals surface area contributed by atoms with Gasteiger partial charge < -0.3 is 15.1 Å². The van der Waals surface area contributed by atoms with Crippen LogP contribution in [0.4, 0.5) is 0 Å². The number of hydrogen-bond acceptors (Lipinski definition) is 3. The molecule has 1 aromatic rings. The molecule has 0 heterocycles. The third-order valence-electron chi connectivity index (χ3n) is 2.33. The van der Waals surface area contributed by atoms with Crippen LogP contribution in [0.15, 0.2) is 30.9 Å². The monoisotopic (exact) mass is 221 g/mol. The Hall–Kier alpha value is -1.97. The molecule has 0 spiro atoms. The van der Waals surface area contributed by atoms with Crippen molar-refractivity contribution in [3.05, 3.63) is 36.4 Å². The Morgan fingerprint density at radius 2 is 2.12 bits per heavy atom. The van der Waals surface area contributed by atoms with Gasteiger partial charge in [0, 0.05) is 13.6 Å². The maximum Gasteiger partial charge on any atom is 0.245 e. The average molecular weight is 221 g/mol. The van der Waals surface area contributed by atoms with E-state index < -0.39 is 0 Å². The van der Waals surface area contributed by atoms with Gasteiger partial charge in [0.05, 0.1) is 0 Å². The maximum atomic E-state index is 11.2. The highest BCUT2D eigenvalue weighted by molar-refractivity contribution is 5.86. The minimum absolute atomic E-state index is 0.136. The number of likely N-dealkylation sites (N-methyl/N-ethyl adjacent to an activating group) is 1. The minimum atomic E-state index is -0.143. The summed E-state index contributed by atoms with van der Waals surface area (Å²) in [5.74, 6) is -0.419. The molecule has 0 aromatic heterocycles. The molecule has 16 heavy (non-hydrogen) atoms. The summed E-state index contributed by atoms with van der Waals surface area (Å²) in [6.07, 6.45) is 1.87. The fourth-order valence-corrected chi connectivity index (χ4v) is 1.29. The van der Waals surface area contributed by atoms with E-state index in [1.165, 1.54) is 23.1 Å². The van der Waals surface area contributed by atoms with Crippen molar-refractivity contribution in [2.75, 3.05) is 13.6 Å². The van der Waals surface area contributed by atoms with Gasteiger partial charge in [-0.2, -0.15) is 0 Å². The summed E-state index contributed by atoms with van der Waals surface area (Å²) in [6.45, 7) is 3.93. The lowest BCUT2D eigenvalue weighted by molar-refractivity contribution is -0.124. The van der Waals surface area contributed by atoms with Crippen LogP contribution in [-0.2, 0) is 11.2 Å². The molecule has 4 heteroatoms. The second-order valence-corrected chi connectivity index (χ2v) is 3.54. The normalized spacial score (nSPS) is 9.81. The lowest BCUT2D eigenvalue weighted by Gasteiger charge is -2.14. The third kappa shape index (κ3) is 3.02. The van der Waals surface area contributed by atoms with Gasteiger partial charge in [0.15, 0.2) is 11.5 Å². The number of amides is 1. The van der Waals surface area contributed by atoms with E-state index in [-0.39, 0.29) is 17.4 Å². The molecule has 0 aliphatic heterocycles. The fourth-order valence-electron chi connectivity index (χ4n) is 1.29. The maximum absolute atomic E-state index is 11.2. The van der Waals surface area contributed by atoms with Crippen molar-refractivity contribution in [3.63, 3.8) is 0 Å². The highest BCUT2D eigenvalue weighted by atomic mass is 16.3. The predicted molar refractivity (Wildman–Crippen MR) is 61.3 cm³/mol. The summed E-state index contributed by atoms with van der Waals surface area (Å²) >= 11 is 0. The molecule has 0 fully saturated rings. The van der Waals surface area contributed by atoms with Crippen LogP contribution in [0.3, 0.4) is 0 Å². The van der Waals surface area contributed by atoms with Crippen LogP contribution < -0.4 is 0 Å². The molecule has 0 bridgehead atoms. The zero-order valence-electron chi connectivity index (χ0n) is 9.18. The van der Waals surface area contributed by atoms with Gasteiger partial charge in [0.1, 0.15) is 0 Å². The molecule has 1 aromatic carbocycles. The van der Waals surface area contributed by atoms with E-state index in [0.29, 0.717) is 13.0 Å². The molecule has 1 amide bonds. The highest BCUT2D eigenvalue weighted by Crippen LogP contribution is 2.24. The van der Waals surface area contributed by atoms with Crippen molar-refractivity contribution in [2.45, 2.75) is 6.42 Å². The van der Waals surface area contributed by atoms with E-state index in [9.17, 15) is 9.90 Å². The lowest BCUT2D eigenvalue weighted by Crippen LogP contribution is -2.26. The van der Waals surface area contributed by atoms with Gasteiger partial charge in [-0.25, -0.2) is 0 Å². The van der Waals surface area contributed by atoms with Gasteiger partial charge >= 0.3 is 0 Å². The van der Waals surface area contributed by atoms with Gasteiger partial charge in [0.2, 0.25) is 5.91 Å². The van der Waals surface area contributed by atoms with E-state index in [1.807, 2.05) is 0 Å². The number of aromatic hydroxyl groups is 2. The van der Waals surface area contributed by atoms with Crippen LogP contribution in [-0.4, -0.2) is 34.6 Å². The highest BCUT2D eigenvalue weighted by Gasteiger charge is 2.05. The van der Waals surface area contributed by atoms with Gasteiger partial charge in [-0.3, -0.25) is 4.79 Å². The van der Waals surface area contributed by atoms with E-state index in [2.05, 4.69) is 6.58 Å². The Balaban J connectivity index is 2.58. The molecular formula is C12H15NO3. The van der Waals surface area contributed by atoms with E-state index in [1.54, 1.807) is 13.1 Å². The second-order valence-electron chi connectivity index (χ2n) is 3.54. The smallest absolute Gasteiger partial charge is 0.245 e. The van der Waals surface area contributed by atoms with Crippen LogP contribution >= 0.6 is 0 Å². The first-order valence-electron chi connectivity index (χ1n) is 4.93. The number of hydrogen-bond donors (Lipinski definition) is 2. The third-order valence-corrected chi connectivity index (χ3v) is 2.33. The first-order chi connectivity index (χ1) is 7.54. The van der Waals surface area contributed by atoms with Crippen molar-refractivity contribution in [1.82, 2.24) is 4.90 Å². The largest absolute Gasteiger partial charge is 0.504 e. The predicted octanol–water partition coefficient (Wildman–Crippen LogP) is 1.28. The van der Waals surface area contributed by atoms with Crippen LogP contribution in [0.5, 0.6) is 11.5 Å². The van der Waals surface area contributed by atoms with Gasteiger partial charge in [0.25, 0.3) is 0 Å². The summed E-state index contributed by atoms with van der Waals surface area (Å²) < 4.78 is 0. The topological polar surface area (TPSA) is 60.8 Å². The zero-order valence-corrected chi connectivity index (χ0v) is 9.18. The molecule has 0 radical (unpaired) electrons. The van der Waals surface area contributed by atoms with E-state index >= 15 is 0 Å². The summed E-state index contributed by atoms with van der Waals surface area (Å²) in [5.41, 5.74) is 0.860. The van der Waals surface area contributed by atoms with Crippen molar-refractivity contribution in [1.29, 1.82) is 0 Å². The van der Waals surface area contributed by atoms with Crippen LogP contribution in [0, 0.1) is 0 Å². The molecule has 0 unspecified atom stereocenters. The van der Waals surface area contributed by atoms with E-state index in [4.69, 9.17) is 5.11 Å². The average Bonchev–Trinajstić information content (AvgIpc) is 2.29. The lowest BCUT2D eigenvalue weighted by atomic mass is 10.1. The van der Waals surface area contributed by atoms with Crippen LogP contribution in [0.1, 0.15) is 5.56 Å². The Morgan fingerprint density at radius 3 is 2.69 bits per heavy atom. The number of benzene rings is 1. The Labute approximate surface area is 94.4 Å². The molecule has 0 aliphatic carbocycles. The molecule has 0 aliphatic rings. The van der Waals surface area contributed by atoms with Gasteiger partial charge in [-0.15, -0.1) is 0 Å². The van der Waals surface area contributed by atoms with E-state index in [0.717, 1.165) is 5.56 Å². The summed E-state index contributed by atoms with van der Waals surface area (Å²) in [7, 11) is 1.68. The summed E-state index contributed by atoms with van der Waals surface area (Å²) in [4.78, 5) is 12.7. The minimum Gasteiger partial charge on any atom is -0.504 e. The standard InChI is InChI=1S/C12H15NO3/c1-3-12(16)13(2)7-6-9-4-5-10(14)11(15)8-9/h3-5,8,14-15H,1,6-7H2,2H3. The Bertz CT molecular complexity index is 401. The van der Waals surface area contributed by atoms with Crippen molar-refractivity contribution in [2.24, 2.45) is 0 Å². The van der Waals surface area contributed by atoms with Crippen LogP contribution in [0.2, 0.25) is 0 Å². The van der Waals surface area contributed by atoms with Crippen molar-refractivity contribution < 1.29 is 15.0 Å². The first kappa shape index (κ1) is 12.1. The molecule has 0 saturated heterocycles. The molecule has 86 valence electrons. The van der Waals surface area contributed by atoms with Gasteiger partial charge in [-0.1, -0.05) is 12.6 Å². The number of carbonyl (C=O) groups excluding carboxylic acids is 1. The zero-order chi connectivity index (χ0) is 12.1. The SMILES string of the molecule is C=CC(=O)N(C)CCc1ccc(O)c(O)c1.